The lowest BCUT2D eigenvalue weighted by Gasteiger charge is -2.18. The first kappa shape index (κ1) is 15.3. The van der Waals surface area contributed by atoms with E-state index in [-0.39, 0.29) is 23.8 Å². The Bertz CT molecular complexity index is 711. The second-order valence-corrected chi connectivity index (χ2v) is 5.95. The van der Waals surface area contributed by atoms with E-state index in [0.717, 1.165) is 11.3 Å². The summed E-state index contributed by atoms with van der Waals surface area (Å²) in [5, 5.41) is 7.22. The van der Waals surface area contributed by atoms with Crippen LogP contribution in [0.2, 0.25) is 0 Å². The summed E-state index contributed by atoms with van der Waals surface area (Å²) in [5.74, 6) is -0.303. The number of amides is 2. The van der Waals surface area contributed by atoms with Crippen LogP contribution in [0.4, 0.5) is 0 Å². The van der Waals surface area contributed by atoms with Gasteiger partial charge in [0.2, 0.25) is 11.8 Å². The van der Waals surface area contributed by atoms with Crippen molar-refractivity contribution in [3.05, 3.63) is 48.3 Å². The number of carbonyl (C=O) groups excluding carboxylic acids is 2. The van der Waals surface area contributed by atoms with Crippen molar-refractivity contribution in [2.24, 2.45) is 5.92 Å². The summed E-state index contributed by atoms with van der Waals surface area (Å²) in [6, 6.07) is 9.63. The van der Waals surface area contributed by atoms with Gasteiger partial charge >= 0.3 is 0 Å². The molecule has 120 valence electrons. The fraction of sp³-hybridized carbons (Fsp3) is 0.353. The third-order valence-corrected chi connectivity index (χ3v) is 4.21. The largest absolute Gasteiger partial charge is 0.349 e. The molecule has 1 saturated heterocycles. The van der Waals surface area contributed by atoms with Gasteiger partial charge in [0.15, 0.2) is 0 Å². The quantitative estimate of drug-likeness (QED) is 0.931. The Morgan fingerprint density at radius 1 is 1.39 bits per heavy atom. The maximum absolute atomic E-state index is 12.3. The minimum Gasteiger partial charge on any atom is -0.349 e. The number of carbonyl (C=O) groups is 2. The summed E-state index contributed by atoms with van der Waals surface area (Å²) in [6.45, 7) is 2.44. The number of nitrogens with one attached hydrogen (secondary N) is 1. The van der Waals surface area contributed by atoms with Gasteiger partial charge in [0.05, 0.1) is 17.6 Å². The Morgan fingerprint density at radius 2 is 2.22 bits per heavy atom. The van der Waals surface area contributed by atoms with E-state index in [1.54, 1.807) is 22.8 Å². The first-order valence-corrected chi connectivity index (χ1v) is 7.69. The fourth-order valence-electron chi connectivity index (χ4n) is 2.81. The summed E-state index contributed by atoms with van der Waals surface area (Å²) in [7, 11) is 1.73. The lowest BCUT2D eigenvalue weighted by atomic mass is 10.0. The molecule has 0 radical (unpaired) electrons. The SMILES string of the molecule is C[C@H](NC(=O)[C@@H]1CC(=O)N(C)C1)c1cccc(-n2cccn2)c1. The second kappa shape index (κ2) is 6.24. The Labute approximate surface area is 135 Å². The van der Waals surface area contributed by atoms with Gasteiger partial charge in [0.25, 0.3) is 0 Å². The van der Waals surface area contributed by atoms with E-state index in [1.807, 2.05) is 43.5 Å². The van der Waals surface area contributed by atoms with Crippen LogP contribution in [0.15, 0.2) is 42.7 Å². The molecule has 1 aromatic carbocycles. The van der Waals surface area contributed by atoms with E-state index in [4.69, 9.17) is 0 Å². The molecular formula is C17H20N4O2. The van der Waals surface area contributed by atoms with Gasteiger partial charge in [-0.15, -0.1) is 0 Å². The molecule has 2 heterocycles. The lowest BCUT2D eigenvalue weighted by molar-refractivity contribution is -0.128. The predicted molar refractivity (Wildman–Crippen MR) is 85.9 cm³/mol. The van der Waals surface area contributed by atoms with Crippen LogP contribution in [0.5, 0.6) is 0 Å². The van der Waals surface area contributed by atoms with Gasteiger partial charge < -0.3 is 10.2 Å². The zero-order valence-corrected chi connectivity index (χ0v) is 13.3. The van der Waals surface area contributed by atoms with Gasteiger partial charge in [-0.2, -0.15) is 5.10 Å². The average molecular weight is 312 g/mol. The van der Waals surface area contributed by atoms with Crippen molar-refractivity contribution in [1.82, 2.24) is 20.0 Å². The molecule has 0 unspecified atom stereocenters. The second-order valence-electron chi connectivity index (χ2n) is 5.95. The molecule has 23 heavy (non-hydrogen) atoms. The third-order valence-electron chi connectivity index (χ3n) is 4.21. The van der Waals surface area contributed by atoms with E-state index in [2.05, 4.69) is 10.4 Å². The predicted octanol–water partition coefficient (Wildman–Crippen LogP) is 1.53. The van der Waals surface area contributed by atoms with E-state index >= 15 is 0 Å². The first-order chi connectivity index (χ1) is 11.0. The first-order valence-electron chi connectivity index (χ1n) is 7.69. The van der Waals surface area contributed by atoms with Crippen molar-refractivity contribution in [2.75, 3.05) is 13.6 Å². The summed E-state index contributed by atoms with van der Waals surface area (Å²) in [4.78, 5) is 25.5. The van der Waals surface area contributed by atoms with Crippen LogP contribution in [0.3, 0.4) is 0 Å². The number of hydrogen-bond acceptors (Lipinski definition) is 3. The molecule has 1 aliphatic heterocycles. The zero-order valence-electron chi connectivity index (χ0n) is 13.3. The topological polar surface area (TPSA) is 67.2 Å². The van der Waals surface area contributed by atoms with Crippen molar-refractivity contribution in [1.29, 1.82) is 0 Å². The smallest absolute Gasteiger partial charge is 0.225 e. The Balaban J connectivity index is 1.69. The van der Waals surface area contributed by atoms with Crippen LogP contribution in [0.1, 0.15) is 24.9 Å². The van der Waals surface area contributed by atoms with Crippen LogP contribution in [0, 0.1) is 5.92 Å². The molecule has 1 aromatic heterocycles. The molecule has 3 rings (SSSR count). The van der Waals surface area contributed by atoms with Crippen LogP contribution >= 0.6 is 0 Å². The molecule has 1 N–H and O–H groups in total. The summed E-state index contributed by atoms with van der Waals surface area (Å²) < 4.78 is 1.78. The molecule has 0 spiro atoms. The van der Waals surface area contributed by atoms with Crippen molar-refractivity contribution >= 4 is 11.8 Å². The van der Waals surface area contributed by atoms with Crippen molar-refractivity contribution in [3.8, 4) is 5.69 Å². The van der Waals surface area contributed by atoms with E-state index in [1.165, 1.54) is 0 Å². The number of nitrogens with zero attached hydrogens (tertiary/aromatic N) is 3. The highest BCUT2D eigenvalue weighted by molar-refractivity contribution is 5.89. The molecule has 1 fully saturated rings. The third kappa shape index (κ3) is 3.26. The molecule has 6 heteroatoms. The molecule has 1 aliphatic rings. The number of benzene rings is 1. The van der Waals surface area contributed by atoms with Crippen LogP contribution in [-0.4, -0.2) is 40.1 Å². The number of likely N-dealkylation sites (tertiary alicyclic amines) is 1. The molecule has 2 aromatic rings. The number of hydrogen-bond donors (Lipinski definition) is 1. The van der Waals surface area contributed by atoms with Crippen molar-refractivity contribution < 1.29 is 9.59 Å². The van der Waals surface area contributed by atoms with Crippen LogP contribution in [0.25, 0.3) is 5.69 Å². The van der Waals surface area contributed by atoms with Gasteiger partial charge in [-0.3, -0.25) is 9.59 Å². The summed E-state index contributed by atoms with van der Waals surface area (Å²) in [6.07, 6.45) is 3.90. The van der Waals surface area contributed by atoms with Crippen LogP contribution < -0.4 is 5.32 Å². The minimum absolute atomic E-state index is 0.0264. The van der Waals surface area contributed by atoms with Crippen molar-refractivity contribution in [3.63, 3.8) is 0 Å². The Morgan fingerprint density at radius 3 is 2.87 bits per heavy atom. The highest BCUT2D eigenvalue weighted by Crippen LogP contribution is 2.20. The summed E-state index contributed by atoms with van der Waals surface area (Å²) >= 11 is 0. The Hall–Kier alpha value is -2.63. The van der Waals surface area contributed by atoms with E-state index < -0.39 is 0 Å². The van der Waals surface area contributed by atoms with Crippen molar-refractivity contribution in [2.45, 2.75) is 19.4 Å². The molecule has 2 amide bonds. The lowest BCUT2D eigenvalue weighted by Crippen LogP contribution is -2.34. The van der Waals surface area contributed by atoms with Gasteiger partial charge in [0.1, 0.15) is 0 Å². The zero-order chi connectivity index (χ0) is 16.4. The van der Waals surface area contributed by atoms with E-state index in [0.29, 0.717) is 13.0 Å². The maximum atomic E-state index is 12.3. The molecule has 0 saturated carbocycles. The normalized spacial score (nSPS) is 19.0. The molecule has 2 atom stereocenters. The maximum Gasteiger partial charge on any atom is 0.225 e. The van der Waals surface area contributed by atoms with Gasteiger partial charge in [-0.05, 0) is 30.7 Å². The van der Waals surface area contributed by atoms with E-state index in [9.17, 15) is 9.59 Å². The van der Waals surface area contributed by atoms with Crippen LogP contribution in [-0.2, 0) is 9.59 Å². The molecular weight excluding hydrogens is 292 g/mol. The minimum atomic E-state index is -0.260. The number of rotatable bonds is 4. The number of aromatic nitrogens is 2. The van der Waals surface area contributed by atoms with Gasteiger partial charge in [0, 0.05) is 32.4 Å². The average Bonchev–Trinajstić information content (AvgIpc) is 3.18. The molecule has 0 aliphatic carbocycles. The monoisotopic (exact) mass is 312 g/mol. The summed E-state index contributed by atoms with van der Waals surface area (Å²) in [5.41, 5.74) is 1.95. The highest BCUT2D eigenvalue weighted by atomic mass is 16.2. The fourth-order valence-corrected chi connectivity index (χ4v) is 2.81. The highest BCUT2D eigenvalue weighted by Gasteiger charge is 2.32. The molecule has 0 bridgehead atoms. The van der Waals surface area contributed by atoms with Gasteiger partial charge in [-0.1, -0.05) is 12.1 Å². The Kier molecular flexibility index (Phi) is 4.14. The standard InChI is InChI=1S/C17H20N4O2/c1-12(19-17(23)14-10-16(22)20(2)11-14)13-5-3-6-15(9-13)21-8-4-7-18-21/h3-9,12,14H,10-11H2,1-2H3,(H,19,23)/t12-,14+/m0/s1. The van der Waals surface area contributed by atoms with Gasteiger partial charge in [-0.25, -0.2) is 4.68 Å². The molecule has 6 nitrogen and oxygen atoms in total.